The van der Waals surface area contributed by atoms with Crippen molar-refractivity contribution in [3.05, 3.63) is 58.9 Å². The summed E-state index contributed by atoms with van der Waals surface area (Å²) in [4.78, 5) is 14.6. The van der Waals surface area contributed by atoms with Gasteiger partial charge in [-0.05, 0) is 24.3 Å². The summed E-state index contributed by atoms with van der Waals surface area (Å²) in [5, 5.41) is 2.77. The summed E-state index contributed by atoms with van der Waals surface area (Å²) < 4.78 is 0.637. The fourth-order valence-corrected chi connectivity index (χ4v) is 1.41. The maximum Gasteiger partial charge on any atom is 0.255 e. The van der Waals surface area contributed by atoms with E-state index in [1.165, 1.54) is 0 Å². The van der Waals surface area contributed by atoms with Crippen molar-refractivity contribution >= 4 is 23.8 Å². The number of amides is 1. The molecule has 80 valence electrons. The van der Waals surface area contributed by atoms with Crippen LogP contribution in [0, 0.1) is 4.64 Å². The largest absolute Gasteiger partial charge is 0.351 e. The molecule has 1 aromatic heterocycles. The topological polar surface area (TPSA) is 44.9 Å². The Kier molecular flexibility index (Phi) is 3.12. The number of anilines is 1. The third-order valence-electron chi connectivity index (χ3n) is 2.08. The van der Waals surface area contributed by atoms with Gasteiger partial charge in [0.25, 0.3) is 5.91 Å². The second kappa shape index (κ2) is 4.72. The van der Waals surface area contributed by atoms with Crippen LogP contribution in [0.1, 0.15) is 10.4 Å². The molecule has 0 radical (unpaired) electrons. The van der Waals surface area contributed by atoms with Crippen molar-refractivity contribution in [2.75, 3.05) is 5.32 Å². The van der Waals surface area contributed by atoms with Gasteiger partial charge in [-0.2, -0.15) is 0 Å². The zero-order chi connectivity index (χ0) is 11.4. The minimum Gasteiger partial charge on any atom is -0.351 e. The molecule has 0 fully saturated rings. The highest BCUT2D eigenvalue weighted by molar-refractivity contribution is 7.71. The van der Waals surface area contributed by atoms with E-state index < -0.39 is 0 Å². The van der Waals surface area contributed by atoms with Crippen molar-refractivity contribution in [3.63, 3.8) is 0 Å². The summed E-state index contributed by atoms with van der Waals surface area (Å²) in [6.07, 6.45) is 1.67. The fraction of sp³-hybridized carbons (Fsp3) is 0. The standard InChI is InChI=1S/C12H10N2OS/c15-12(9-4-2-1-3-5-9)14-10-6-7-11(16)13-8-10/h1-8H,(H,13,16)(H,14,15). The molecule has 0 unspecified atom stereocenters. The zero-order valence-electron chi connectivity index (χ0n) is 8.44. The van der Waals surface area contributed by atoms with Gasteiger partial charge in [-0.1, -0.05) is 30.4 Å². The van der Waals surface area contributed by atoms with Crippen molar-refractivity contribution in [2.24, 2.45) is 0 Å². The van der Waals surface area contributed by atoms with Gasteiger partial charge in [0.05, 0.1) is 5.69 Å². The van der Waals surface area contributed by atoms with E-state index in [9.17, 15) is 4.79 Å². The van der Waals surface area contributed by atoms with E-state index in [1.54, 1.807) is 30.5 Å². The molecular formula is C12H10N2OS. The number of rotatable bonds is 2. The summed E-state index contributed by atoms with van der Waals surface area (Å²) in [5.74, 6) is -0.133. The second-order valence-corrected chi connectivity index (χ2v) is 3.70. The monoisotopic (exact) mass is 230 g/mol. The predicted molar refractivity (Wildman–Crippen MR) is 66.0 cm³/mol. The van der Waals surface area contributed by atoms with Crippen LogP contribution in [0.3, 0.4) is 0 Å². The number of hydrogen-bond donors (Lipinski definition) is 2. The molecule has 0 aliphatic rings. The molecule has 0 saturated carbocycles. The van der Waals surface area contributed by atoms with Gasteiger partial charge in [0, 0.05) is 11.8 Å². The molecule has 3 nitrogen and oxygen atoms in total. The highest BCUT2D eigenvalue weighted by Crippen LogP contribution is 2.07. The summed E-state index contributed by atoms with van der Waals surface area (Å²) in [6, 6.07) is 12.5. The van der Waals surface area contributed by atoms with E-state index in [2.05, 4.69) is 10.3 Å². The molecule has 0 spiro atoms. The SMILES string of the molecule is O=C(Nc1ccc(=S)[nH]c1)c1ccccc1. The normalized spacial score (nSPS) is 9.75. The number of H-pyrrole nitrogens is 1. The Labute approximate surface area is 98.1 Å². The smallest absolute Gasteiger partial charge is 0.255 e. The van der Waals surface area contributed by atoms with Crippen LogP contribution < -0.4 is 5.32 Å². The first-order chi connectivity index (χ1) is 7.75. The molecule has 0 aliphatic carbocycles. The van der Waals surface area contributed by atoms with Gasteiger partial charge in [0.15, 0.2) is 0 Å². The van der Waals surface area contributed by atoms with Crippen molar-refractivity contribution in [3.8, 4) is 0 Å². The number of carbonyl (C=O) groups is 1. The van der Waals surface area contributed by atoms with Crippen LogP contribution in [0.5, 0.6) is 0 Å². The van der Waals surface area contributed by atoms with E-state index in [4.69, 9.17) is 12.2 Å². The molecule has 0 atom stereocenters. The molecule has 2 rings (SSSR count). The van der Waals surface area contributed by atoms with Crippen molar-refractivity contribution in [1.82, 2.24) is 4.98 Å². The Hall–Kier alpha value is -1.94. The van der Waals surface area contributed by atoms with Crippen LogP contribution in [0.15, 0.2) is 48.7 Å². The minimum atomic E-state index is -0.133. The lowest BCUT2D eigenvalue weighted by Crippen LogP contribution is -2.11. The van der Waals surface area contributed by atoms with Gasteiger partial charge in [0.1, 0.15) is 4.64 Å². The number of carbonyl (C=O) groups excluding carboxylic acids is 1. The highest BCUT2D eigenvalue weighted by Gasteiger charge is 2.03. The molecule has 2 aromatic rings. The molecule has 0 aliphatic heterocycles. The minimum absolute atomic E-state index is 0.133. The molecule has 4 heteroatoms. The summed E-state index contributed by atoms with van der Waals surface area (Å²) in [7, 11) is 0. The molecule has 1 aromatic carbocycles. The van der Waals surface area contributed by atoms with Crippen LogP contribution >= 0.6 is 12.2 Å². The van der Waals surface area contributed by atoms with Gasteiger partial charge < -0.3 is 10.3 Å². The second-order valence-electron chi connectivity index (χ2n) is 3.26. The van der Waals surface area contributed by atoms with Gasteiger partial charge in [-0.3, -0.25) is 4.79 Å². The number of aromatic nitrogens is 1. The zero-order valence-corrected chi connectivity index (χ0v) is 9.25. The summed E-state index contributed by atoms with van der Waals surface area (Å²) in [6.45, 7) is 0. The summed E-state index contributed by atoms with van der Waals surface area (Å²) in [5.41, 5.74) is 1.33. The molecule has 0 bridgehead atoms. The van der Waals surface area contributed by atoms with Gasteiger partial charge in [-0.25, -0.2) is 0 Å². The average molecular weight is 230 g/mol. The third kappa shape index (κ3) is 2.55. The molecule has 0 saturated heterocycles. The van der Waals surface area contributed by atoms with Gasteiger partial charge >= 0.3 is 0 Å². The van der Waals surface area contributed by atoms with Crippen molar-refractivity contribution in [1.29, 1.82) is 0 Å². The first-order valence-electron chi connectivity index (χ1n) is 4.81. The van der Waals surface area contributed by atoms with Crippen molar-refractivity contribution in [2.45, 2.75) is 0 Å². The summed E-state index contributed by atoms with van der Waals surface area (Å²) >= 11 is 4.91. The quantitative estimate of drug-likeness (QED) is 0.779. The van der Waals surface area contributed by atoms with Crippen molar-refractivity contribution < 1.29 is 4.79 Å². The molecule has 16 heavy (non-hydrogen) atoms. The lowest BCUT2D eigenvalue weighted by Gasteiger charge is -2.04. The number of aromatic amines is 1. The number of hydrogen-bond acceptors (Lipinski definition) is 2. The van der Waals surface area contributed by atoms with Crippen LogP contribution in [-0.4, -0.2) is 10.9 Å². The van der Waals surface area contributed by atoms with Gasteiger partial charge in [0.2, 0.25) is 0 Å². The number of pyridine rings is 1. The molecule has 1 heterocycles. The Morgan fingerprint density at radius 1 is 1.12 bits per heavy atom. The first kappa shape index (κ1) is 10.6. The maximum absolute atomic E-state index is 11.7. The Balaban J connectivity index is 2.14. The average Bonchev–Trinajstić information content (AvgIpc) is 2.33. The van der Waals surface area contributed by atoms with Gasteiger partial charge in [-0.15, -0.1) is 0 Å². The first-order valence-corrected chi connectivity index (χ1v) is 5.22. The van der Waals surface area contributed by atoms with E-state index >= 15 is 0 Å². The van der Waals surface area contributed by atoms with Crippen LogP contribution in [0.2, 0.25) is 0 Å². The third-order valence-corrected chi connectivity index (χ3v) is 2.33. The molecule has 2 N–H and O–H groups in total. The van der Waals surface area contributed by atoms with Crippen LogP contribution in [0.25, 0.3) is 0 Å². The van der Waals surface area contributed by atoms with Crippen LogP contribution in [0.4, 0.5) is 5.69 Å². The highest BCUT2D eigenvalue weighted by atomic mass is 32.1. The lowest BCUT2D eigenvalue weighted by molar-refractivity contribution is 0.102. The van der Waals surface area contributed by atoms with E-state index in [1.807, 2.05) is 18.2 Å². The number of benzene rings is 1. The van der Waals surface area contributed by atoms with Crippen LogP contribution in [-0.2, 0) is 0 Å². The van der Waals surface area contributed by atoms with E-state index in [-0.39, 0.29) is 5.91 Å². The van der Waals surface area contributed by atoms with E-state index in [0.717, 1.165) is 0 Å². The molecular weight excluding hydrogens is 220 g/mol. The fourth-order valence-electron chi connectivity index (χ4n) is 1.28. The Morgan fingerprint density at radius 2 is 1.88 bits per heavy atom. The maximum atomic E-state index is 11.7. The predicted octanol–water partition coefficient (Wildman–Crippen LogP) is 3.00. The number of nitrogens with one attached hydrogen (secondary N) is 2. The molecule has 1 amide bonds. The Bertz CT molecular complexity index is 528. The Morgan fingerprint density at radius 3 is 2.50 bits per heavy atom. The van der Waals surface area contributed by atoms with E-state index in [0.29, 0.717) is 15.9 Å². The lowest BCUT2D eigenvalue weighted by atomic mass is 10.2.